The number of sulfonamides is 1. The summed E-state index contributed by atoms with van der Waals surface area (Å²) in [6.07, 6.45) is 0.558. The number of rotatable bonds is 4. The van der Waals surface area contributed by atoms with E-state index in [4.69, 9.17) is 9.47 Å². The van der Waals surface area contributed by atoms with Gasteiger partial charge in [0.2, 0.25) is 10.0 Å². The van der Waals surface area contributed by atoms with E-state index in [9.17, 15) is 8.42 Å². The van der Waals surface area contributed by atoms with Crippen molar-refractivity contribution in [3.63, 3.8) is 0 Å². The molecule has 2 aromatic rings. The van der Waals surface area contributed by atoms with Crippen molar-refractivity contribution < 1.29 is 17.9 Å². The van der Waals surface area contributed by atoms with Crippen LogP contribution < -0.4 is 14.2 Å². The molecule has 2 aromatic carbocycles. The normalized spacial score (nSPS) is 17.2. The molecule has 23 heavy (non-hydrogen) atoms. The van der Waals surface area contributed by atoms with Gasteiger partial charge in [-0.1, -0.05) is 15.9 Å². The average Bonchev–Trinajstić information content (AvgIpc) is 2.54. The highest BCUT2D eigenvalue weighted by molar-refractivity contribution is 9.10. The molecule has 0 bridgehead atoms. The number of hydrogen-bond donors (Lipinski definition) is 1. The van der Waals surface area contributed by atoms with E-state index in [-0.39, 0.29) is 10.9 Å². The lowest BCUT2D eigenvalue weighted by Gasteiger charge is -2.26. The first-order valence-corrected chi connectivity index (χ1v) is 9.33. The molecule has 1 aliphatic heterocycles. The smallest absolute Gasteiger partial charge is 0.240 e. The van der Waals surface area contributed by atoms with Crippen molar-refractivity contribution >= 4 is 26.0 Å². The van der Waals surface area contributed by atoms with E-state index < -0.39 is 10.0 Å². The second kappa shape index (κ2) is 6.51. The predicted octanol–water partition coefficient (Wildman–Crippen LogP) is 2.74. The van der Waals surface area contributed by atoms with Gasteiger partial charge in [-0.05, 0) is 54.4 Å². The molecule has 0 aliphatic carbocycles. The lowest BCUT2D eigenvalue weighted by Crippen LogP contribution is -2.42. The first-order chi connectivity index (χ1) is 11.0. The molecule has 5 nitrogen and oxygen atoms in total. The summed E-state index contributed by atoms with van der Waals surface area (Å²) < 4.78 is 39.3. The molecular weight excluding hydrogens is 382 g/mol. The Hall–Kier alpha value is -1.57. The highest BCUT2D eigenvalue weighted by Gasteiger charge is 2.25. The molecule has 122 valence electrons. The van der Waals surface area contributed by atoms with E-state index in [1.807, 2.05) is 18.2 Å². The average molecular weight is 398 g/mol. The number of ether oxygens (including phenoxy) is 2. The summed E-state index contributed by atoms with van der Waals surface area (Å²) in [7, 11) is -1.98. The molecule has 3 rings (SSSR count). The molecule has 1 aliphatic rings. The van der Waals surface area contributed by atoms with E-state index >= 15 is 0 Å². The monoisotopic (exact) mass is 397 g/mol. The van der Waals surface area contributed by atoms with Crippen molar-refractivity contribution in [2.45, 2.75) is 17.4 Å². The summed E-state index contributed by atoms with van der Waals surface area (Å²) in [6, 6.07) is 11.7. The van der Waals surface area contributed by atoms with Crippen molar-refractivity contribution in [2.24, 2.45) is 0 Å². The van der Waals surface area contributed by atoms with Gasteiger partial charge in [0.1, 0.15) is 18.1 Å². The van der Waals surface area contributed by atoms with Crippen LogP contribution in [0.15, 0.2) is 51.8 Å². The van der Waals surface area contributed by atoms with Gasteiger partial charge in [0.15, 0.2) is 0 Å². The van der Waals surface area contributed by atoms with Gasteiger partial charge in [-0.25, -0.2) is 13.1 Å². The Kier molecular flexibility index (Phi) is 4.61. The molecular formula is C16H16BrNO4S. The Bertz CT molecular complexity index is 805. The molecule has 1 N–H and O–H groups in total. The highest BCUT2D eigenvalue weighted by atomic mass is 79.9. The van der Waals surface area contributed by atoms with Gasteiger partial charge >= 0.3 is 0 Å². The van der Waals surface area contributed by atoms with Crippen LogP contribution in [0.1, 0.15) is 5.56 Å². The zero-order valence-electron chi connectivity index (χ0n) is 12.5. The Labute approximate surface area is 143 Å². The van der Waals surface area contributed by atoms with Gasteiger partial charge in [0.05, 0.1) is 18.0 Å². The standard InChI is InChI=1S/C16H16BrNO4S/c1-21-14-4-7-16-11(9-14)8-13(10-22-16)18-23(19,20)15-5-2-12(17)3-6-15/h2-7,9,13,18H,8,10H2,1H3/t13-/m0/s1. The fraction of sp³-hybridized carbons (Fsp3) is 0.250. The van der Waals surface area contributed by atoms with Gasteiger partial charge in [-0.3, -0.25) is 0 Å². The van der Waals surface area contributed by atoms with Crippen molar-refractivity contribution in [3.05, 3.63) is 52.5 Å². The molecule has 7 heteroatoms. The molecule has 0 spiro atoms. The fourth-order valence-electron chi connectivity index (χ4n) is 2.47. The topological polar surface area (TPSA) is 64.6 Å². The minimum Gasteiger partial charge on any atom is -0.497 e. The highest BCUT2D eigenvalue weighted by Crippen LogP contribution is 2.29. The van der Waals surface area contributed by atoms with Crippen LogP contribution in [0.25, 0.3) is 0 Å². The molecule has 0 saturated carbocycles. The third-order valence-corrected chi connectivity index (χ3v) is 5.68. The molecule has 0 aromatic heterocycles. The molecule has 0 amide bonds. The van der Waals surface area contributed by atoms with Crippen LogP contribution in [0.3, 0.4) is 0 Å². The van der Waals surface area contributed by atoms with Gasteiger partial charge in [-0.15, -0.1) is 0 Å². The first kappa shape index (κ1) is 16.3. The zero-order valence-corrected chi connectivity index (χ0v) is 14.9. The minimum absolute atomic E-state index is 0.233. The zero-order chi connectivity index (χ0) is 16.4. The molecule has 0 unspecified atom stereocenters. The van der Waals surface area contributed by atoms with Crippen molar-refractivity contribution in [1.29, 1.82) is 0 Å². The van der Waals surface area contributed by atoms with Crippen LogP contribution >= 0.6 is 15.9 Å². The Morgan fingerprint density at radius 3 is 2.65 bits per heavy atom. The SMILES string of the molecule is COc1ccc2c(c1)C[C@H](NS(=O)(=O)c1ccc(Br)cc1)CO2. The van der Waals surface area contributed by atoms with E-state index in [2.05, 4.69) is 20.7 Å². The first-order valence-electron chi connectivity index (χ1n) is 7.05. The van der Waals surface area contributed by atoms with Crippen LogP contribution in [-0.2, 0) is 16.4 Å². The van der Waals surface area contributed by atoms with E-state index in [0.717, 1.165) is 21.5 Å². The quantitative estimate of drug-likeness (QED) is 0.861. The maximum absolute atomic E-state index is 12.4. The summed E-state index contributed by atoms with van der Waals surface area (Å²) in [5, 5.41) is 0. The largest absolute Gasteiger partial charge is 0.497 e. The summed E-state index contributed by atoms with van der Waals surface area (Å²) in [5.41, 5.74) is 0.930. The maximum atomic E-state index is 12.4. The van der Waals surface area contributed by atoms with Crippen LogP contribution in [0.4, 0.5) is 0 Å². The maximum Gasteiger partial charge on any atom is 0.240 e. The van der Waals surface area contributed by atoms with Gasteiger partial charge in [0.25, 0.3) is 0 Å². The summed E-state index contributed by atoms with van der Waals surface area (Å²) in [4.78, 5) is 0.233. The third-order valence-electron chi connectivity index (χ3n) is 3.62. The fourth-order valence-corrected chi connectivity index (χ4v) is 3.96. The van der Waals surface area contributed by atoms with E-state index in [1.54, 1.807) is 31.4 Å². The predicted molar refractivity (Wildman–Crippen MR) is 90.4 cm³/mol. The number of hydrogen-bond acceptors (Lipinski definition) is 4. The lowest BCUT2D eigenvalue weighted by atomic mass is 10.0. The van der Waals surface area contributed by atoms with E-state index in [0.29, 0.717) is 13.0 Å². The van der Waals surface area contributed by atoms with Crippen LogP contribution in [0.5, 0.6) is 11.5 Å². The summed E-state index contributed by atoms with van der Waals surface area (Å²) in [6.45, 7) is 0.301. The molecule has 0 radical (unpaired) electrons. The summed E-state index contributed by atoms with van der Waals surface area (Å²) >= 11 is 3.30. The molecule has 0 saturated heterocycles. The Morgan fingerprint density at radius 2 is 1.96 bits per heavy atom. The van der Waals surface area contributed by atoms with Gasteiger partial charge in [0, 0.05) is 4.47 Å². The van der Waals surface area contributed by atoms with Crippen molar-refractivity contribution in [2.75, 3.05) is 13.7 Å². The van der Waals surface area contributed by atoms with Crippen molar-refractivity contribution in [3.8, 4) is 11.5 Å². The molecule has 0 fully saturated rings. The van der Waals surface area contributed by atoms with E-state index in [1.165, 1.54) is 0 Å². The number of methoxy groups -OCH3 is 1. The Morgan fingerprint density at radius 1 is 1.22 bits per heavy atom. The molecule has 1 heterocycles. The van der Waals surface area contributed by atoms with Crippen LogP contribution in [-0.4, -0.2) is 28.2 Å². The molecule has 1 atom stereocenters. The number of halogens is 1. The number of fused-ring (bicyclic) bond motifs is 1. The van der Waals surface area contributed by atoms with Crippen LogP contribution in [0, 0.1) is 0 Å². The number of nitrogens with one attached hydrogen (secondary N) is 1. The number of benzene rings is 2. The van der Waals surface area contributed by atoms with Crippen molar-refractivity contribution in [1.82, 2.24) is 4.72 Å². The van der Waals surface area contributed by atoms with Crippen LogP contribution in [0.2, 0.25) is 0 Å². The Balaban J connectivity index is 1.77. The van der Waals surface area contributed by atoms with Gasteiger partial charge in [-0.2, -0.15) is 0 Å². The van der Waals surface area contributed by atoms with Gasteiger partial charge < -0.3 is 9.47 Å². The summed E-state index contributed by atoms with van der Waals surface area (Å²) in [5.74, 6) is 1.49. The third kappa shape index (κ3) is 3.68. The second-order valence-electron chi connectivity index (χ2n) is 5.26. The second-order valence-corrected chi connectivity index (χ2v) is 7.89. The lowest BCUT2D eigenvalue weighted by molar-refractivity contribution is 0.253. The minimum atomic E-state index is -3.58.